The van der Waals surface area contributed by atoms with Gasteiger partial charge in [-0.15, -0.1) is 0 Å². The largest absolute Gasteiger partial charge is 0.364 e. The van der Waals surface area contributed by atoms with Crippen LogP contribution >= 0.6 is 0 Å². The van der Waals surface area contributed by atoms with Crippen LogP contribution in [0.5, 0.6) is 0 Å². The molecule has 1 aromatic heterocycles. The topological polar surface area (TPSA) is 129 Å². The number of nitrogens with one attached hydrogen (secondary N) is 2. The highest BCUT2D eigenvalue weighted by atomic mass is 16.2. The number of nitrogens with two attached hydrogens (primary N) is 1. The maximum atomic E-state index is 12.8. The van der Waals surface area contributed by atoms with Gasteiger partial charge in [0.25, 0.3) is 11.8 Å². The molecule has 9 nitrogen and oxygen atoms in total. The Morgan fingerprint density at radius 2 is 2.07 bits per heavy atom. The molecular weight excluding hydrogens is 362 g/mol. The van der Waals surface area contributed by atoms with Crippen molar-refractivity contribution in [3.8, 4) is 0 Å². The van der Waals surface area contributed by atoms with Crippen molar-refractivity contribution in [2.24, 2.45) is 5.73 Å². The normalized spacial score (nSPS) is 26.6. The predicted octanol–water partition coefficient (Wildman–Crippen LogP) is -0.0106. The van der Waals surface area contributed by atoms with Crippen LogP contribution in [0.1, 0.15) is 59.4 Å². The first-order valence-corrected chi connectivity index (χ1v) is 9.78. The second-order valence-electron chi connectivity index (χ2n) is 7.94. The fourth-order valence-electron chi connectivity index (χ4n) is 4.87. The number of aromatic amines is 1. The first-order chi connectivity index (χ1) is 13.4. The second-order valence-corrected chi connectivity index (χ2v) is 7.94. The monoisotopic (exact) mass is 387 g/mol. The Labute approximate surface area is 162 Å². The minimum Gasteiger partial charge on any atom is -0.364 e. The maximum Gasteiger partial charge on any atom is 0.265 e. The molecule has 2 aliphatic heterocycles. The molecule has 2 atom stereocenters. The summed E-state index contributed by atoms with van der Waals surface area (Å²) in [5.41, 5.74) is 5.31. The van der Waals surface area contributed by atoms with Gasteiger partial charge in [0.1, 0.15) is 5.69 Å². The summed E-state index contributed by atoms with van der Waals surface area (Å²) >= 11 is 0. The van der Waals surface area contributed by atoms with Crippen molar-refractivity contribution in [3.63, 3.8) is 0 Å². The summed E-state index contributed by atoms with van der Waals surface area (Å²) < 4.78 is 0. The summed E-state index contributed by atoms with van der Waals surface area (Å²) in [5, 5.41) is 3.12. The van der Waals surface area contributed by atoms with E-state index >= 15 is 0 Å². The average molecular weight is 387 g/mol. The lowest BCUT2D eigenvalue weighted by Crippen LogP contribution is -2.55. The first-order valence-electron chi connectivity index (χ1n) is 9.78. The Kier molecular flexibility index (Phi) is 4.60. The Morgan fingerprint density at radius 3 is 2.75 bits per heavy atom. The second kappa shape index (κ2) is 6.96. The molecule has 0 radical (unpaired) electrons. The molecule has 1 saturated carbocycles. The van der Waals surface area contributed by atoms with Crippen LogP contribution in [-0.2, 0) is 9.59 Å². The molecule has 3 fully saturated rings. The van der Waals surface area contributed by atoms with E-state index in [9.17, 15) is 19.2 Å². The maximum absolute atomic E-state index is 12.8. The third-order valence-corrected chi connectivity index (χ3v) is 6.30. The summed E-state index contributed by atoms with van der Waals surface area (Å²) in [6.07, 6.45) is 6.04. The van der Waals surface area contributed by atoms with E-state index < -0.39 is 11.4 Å². The number of amides is 4. The highest BCUT2D eigenvalue weighted by Crippen LogP contribution is 2.42. The van der Waals surface area contributed by atoms with Crippen molar-refractivity contribution in [1.29, 1.82) is 0 Å². The standard InChI is InChI=1S/C19H25N5O4/c20-17(27)13-9-12(10-21-13)18(28)22-19-5-1-3-14(19)24(8-6-19)16(26)11-23-7-2-4-15(23)25/h9-10,14,21H,1-8,11H2,(H2,20,27)(H,22,28). The van der Waals surface area contributed by atoms with Gasteiger partial charge in [0.2, 0.25) is 11.8 Å². The van der Waals surface area contributed by atoms with Crippen molar-refractivity contribution in [1.82, 2.24) is 20.1 Å². The first kappa shape index (κ1) is 18.5. The van der Waals surface area contributed by atoms with E-state index in [1.54, 1.807) is 4.90 Å². The minimum absolute atomic E-state index is 0.0382. The fourth-order valence-corrected chi connectivity index (χ4v) is 4.87. The lowest BCUT2D eigenvalue weighted by atomic mass is 9.92. The van der Waals surface area contributed by atoms with Crippen LogP contribution in [0.15, 0.2) is 12.3 Å². The molecule has 4 amide bonds. The Bertz CT molecular complexity index is 834. The van der Waals surface area contributed by atoms with E-state index in [2.05, 4.69) is 10.3 Å². The molecule has 4 N–H and O–H groups in total. The van der Waals surface area contributed by atoms with Crippen LogP contribution in [0, 0.1) is 0 Å². The van der Waals surface area contributed by atoms with Crippen molar-refractivity contribution < 1.29 is 19.2 Å². The van der Waals surface area contributed by atoms with Crippen LogP contribution < -0.4 is 11.1 Å². The van der Waals surface area contributed by atoms with Gasteiger partial charge in [-0.05, 0) is 38.2 Å². The molecule has 3 heterocycles. The molecular formula is C19H25N5O4. The Balaban J connectivity index is 1.45. The molecule has 1 aromatic rings. The van der Waals surface area contributed by atoms with Crippen molar-refractivity contribution in [3.05, 3.63) is 23.5 Å². The molecule has 3 aliphatic rings. The summed E-state index contributed by atoms with van der Waals surface area (Å²) in [4.78, 5) is 54.8. The number of carbonyl (C=O) groups is 4. The zero-order chi connectivity index (χ0) is 19.9. The van der Waals surface area contributed by atoms with Crippen molar-refractivity contribution in [2.45, 2.75) is 50.1 Å². The zero-order valence-corrected chi connectivity index (χ0v) is 15.7. The lowest BCUT2D eigenvalue weighted by Gasteiger charge is -2.33. The number of aromatic nitrogens is 1. The number of H-pyrrole nitrogens is 1. The van der Waals surface area contributed by atoms with Gasteiger partial charge in [0.15, 0.2) is 0 Å². The van der Waals surface area contributed by atoms with E-state index in [1.807, 2.05) is 4.90 Å². The van der Waals surface area contributed by atoms with E-state index in [4.69, 9.17) is 5.73 Å². The van der Waals surface area contributed by atoms with Gasteiger partial charge in [0, 0.05) is 25.7 Å². The Hall–Kier alpha value is -2.84. The van der Waals surface area contributed by atoms with Crippen LogP contribution in [0.3, 0.4) is 0 Å². The van der Waals surface area contributed by atoms with Gasteiger partial charge in [0.05, 0.1) is 23.7 Å². The van der Waals surface area contributed by atoms with E-state index in [-0.39, 0.29) is 36.0 Å². The summed E-state index contributed by atoms with van der Waals surface area (Å²) in [7, 11) is 0. The number of fused-ring (bicyclic) bond motifs is 1. The summed E-state index contributed by atoms with van der Waals surface area (Å²) in [6, 6.07) is 1.38. The van der Waals surface area contributed by atoms with Gasteiger partial charge < -0.3 is 25.8 Å². The van der Waals surface area contributed by atoms with Crippen LogP contribution in [-0.4, -0.2) is 69.6 Å². The number of hydrogen-bond donors (Lipinski definition) is 3. The number of nitrogens with zero attached hydrogens (tertiary/aromatic N) is 2. The lowest BCUT2D eigenvalue weighted by molar-refractivity contribution is -0.139. The quantitative estimate of drug-likeness (QED) is 0.656. The smallest absolute Gasteiger partial charge is 0.265 e. The van der Waals surface area contributed by atoms with Crippen LogP contribution in [0.25, 0.3) is 0 Å². The molecule has 0 bridgehead atoms. The van der Waals surface area contributed by atoms with Crippen LogP contribution in [0.4, 0.5) is 0 Å². The molecule has 0 spiro atoms. The number of carbonyl (C=O) groups excluding carboxylic acids is 4. The molecule has 2 unspecified atom stereocenters. The molecule has 0 aromatic carbocycles. The molecule has 2 saturated heterocycles. The molecule has 28 heavy (non-hydrogen) atoms. The van der Waals surface area contributed by atoms with Gasteiger partial charge in [-0.3, -0.25) is 19.2 Å². The van der Waals surface area contributed by atoms with Gasteiger partial charge >= 0.3 is 0 Å². The zero-order valence-electron chi connectivity index (χ0n) is 15.7. The third kappa shape index (κ3) is 3.14. The molecule has 150 valence electrons. The summed E-state index contributed by atoms with van der Waals surface area (Å²) in [5.74, 6) is -0.906. The predicted molar refractivity (Wildman–Crippen MR) is 99.3 cm³/mol. The highest BCUT2D eigenvalue weighted by molar-refractivity contribution is 5.99. The van der Waals surface area contributed by atoms with Gasteiger partial charge in [-0.1, -0.05) is 0 Å². The highest BCUT2D eigenvalue weighted by Gasteiger charge is 2.52. The molecule has 9 heteroatoms. The van der Waals surface area contributed by atoms with E-state index in [0.29, 0.717) is 31.5 Å². The Morgan fingerprint density at radius 1 is 1.25 bits per heavy atom. The number of hydrogen-bond acceptors (Lipinski definition) is 4. The number of likely N-dealkylation sites (tertiary alicyclic amines) is 2. The molecule has 1 aliphatic carbocycles. The van der Waals surface area contributed by atoms with Gasteiger partial charge in [-0.2, -0.15) is 0 Å². The fraction of sp³-hybridized carbons (Fsp3) is 0.579. The van der Waals surface area contributed by atoms with E-state index in [0.717, 1.165) is 25.7 Å². The van der Waals surface area contributed by atoms with Gasteiger partial charge in [-0.25, -0.2) is 0 Å². The van der Waals surface area contributed by atoms with Crippen LogP contribution in [0.2, 0.25) is 0 Å². The SMILES string of the molecule is NC(=O)c1cc(C(=O)NC23CCCC2N(C(=O)CN2CCCC2=O)CC3)c[nH]1. The average Bonchev–Trinajstić information content (AvgIpc) is 3.39. The van der Waals surface area contributed by atoms with Crippen molar-refractivity contribution >= 4 is 23.6 Å². The third-order valence-electron chi connectivity index (χ3n) is 6.30. The van der Waals surface area contributed by atoms with Crippen molar-refractivity contribution in [2.75, 3.05) is 19.6 Å². The summed E-state index contributed by atoms with van der Waals surface area (Å²) in [6.45, 7) is 1.34. The minimum atomic E-state index is -0.620. The number of primary amides is 1. The molecule has 4 rings (SSSR count). The number of rotatable bonds is 5. The van der Waals surface area contributed by atoms with E-state index in [1.165, 1.54) is 12.3 Å².